The maximum atomic E-state index is 12.8. The highest BCUT2D eigenvalue weighted by atomic mass is 16.5. The first-order valence-corrected chi connectivity index (χ1v) is 8.51. The van der Waals surface area contributed by atoms with E-state index in [0.29, 0.717) is 26.3 Å². The van der Waals surface area contributed by atoms with E-state index in [-0.39, 0.29) is 28.2 Å². The molecule has 9 nitrogen and oxygen atoms in total. The van der Waals surface area contributed by atoms with Gasteiger partial charge in [-0.3, -0.25) is 9.59 Å². The Labute approximate surface area is 153 Å². The topological polar surface area (TPSA) is 115 Å². The minimum atomic E-state index is -0.466. The van der Waals surface area contributed by atoms with Crippen LogP contribution in [0.1, 0.15) is 5.56 Å². The van der Waals surface area contributed by atoms with Crippen molar-refractivity contribution in [3.63, 3.8) is 0 Å². The molecule has 140 valence electrons. The predicted molar refractivity (Wildman–Crippen MR) is 101 cm³/mol. The van der Waals surface area contributed by atoms with E-state index in [1.807, 2.05) is 12.1 Å². The summed E-state index contributed by atoms with van der Waals surface area (Å²) in [6, 6.07) is 7.24. The quantitative estimate of drug-likeness (QED) is 0.631. The number of nitrogens with one attached hydrogen (secondary N) is 1. The highest BCUT2D eigenvalue weighted by Gasteiger charge is 2.21. The summed E-state index contributed by atoms with van der Waals surface area (Å²) in [5, 5.41) is 0.290. The molecule has 4 rings (SSSR count). The van der Waals surface area contributed by atoms with Crippen molar-refractivity contribution in [1.29, 1.82) is 0 Å². The molecule has 1 saturated heterocycles. The molecule has 27 heavy (non-hydrogen) atoms. The number of H-pyrrole nitrogens is 1. The largest absolute Gasteiger partial charge is 0.497 e. The number of hydrogen-bond acceptors (Lipinski definition) is 7. The molecule has 0 spiro atoms. The van der Waals surface area contributed by atoms with Gasteiger partial charge in [0.15, 0.2) is 0 Å². The van der Waals surface area contributed by atoms with E-state index in [1.165, 1.54) is 4.40 Å². The summed E-state index contributed by atoms with van der Waals surface area (Å²) in [4.78, 5) is 34.0. The number of ether oxygens (including phenoxy) is 2. The minimum absolute atomic E-state index is 0.0857. The third kappa shape index (κ3) is 3.02. The van der Waals surface area contributed by atoms with Crippen molar-refractivity contribution in [2.75, 3.05) is 44.0 Å². The van der Waals surface area contributed by atoms with E-state index in [4.69, 9.17) is 15.2 Å². The Morgan fingerprint density at radius 2 is 1.93 bits per heavy atom. The van der Waals surface area contributed by atoms with Crippen LogP contribution in [-0.4, -0.2) is 47.8 Å². The van der Waals surface area contributed by atoms with Gasteiger partial charge in [-0.25, -0.2) is 4.40 Å². The summed E-state index contributed by atoms with van der Waals surface area (Å²) >= 11 is 0. The number of nitrogens with two attached hydrogens (primary N) is 1. The first kappa shape index (κ1) is 17.1. The number of anilines is 2. The van der Waals surface area contributed by atoms with Gasteiger partial charge in [0.1, 0.15) is 22.6 Å². The third-order valence-corrected chi connectivity index (χ3v) is 4.54. The Balaban J connectivity index is 1.86. The van der Waals surface area contributed by atoms with Crippen LogP contribution in [0.5, 0.6) is 5.75 Å². The lowest BCUT2D eigenvalue weighted by molar-refractivity contribution is 0.122. The van der Waals surface area contributed by atoms with Crippen molar-refractivity contribution in [2.24, 2.45) is 0 Å². The fourth-order valence-electron chi connectivity index (χ4n) is 3.16. The van der Waals surface area contributed by atoms with Crippen LogP contribution in [0.3, 0.4) is 0 Å². The predicted octanol–water partition coefficient (Wildman–Crippen LogP) is -0.642. The van der Waals surface area contributed by atoms with Gasteiger partial charge in [-0.2, -0.15) is 4.98 Å². The Morgan fingerprint density at radius 3 is 2.59 bits per heavy atom. The molecule has 2 aromatic heterocycles. The van der Waals surface area contributed by atoms with Gasteiger partial charge in [-0.05, 0) is 23.8 Å². The molecule has 0 atom stereocenters. The average molecular weight is 369 g/mol. The summed E-state index contributed by atoms with van der Waals surface area (Å²) in [5.74, 6) is 0.930. The minimum Gasteiger partial charge on any atom is -0.497 e. The van der Waals surface area contributed by atoms with E-state index in [0.717, 1.165) is 11.3 Å². The summed E-state index contributed by atoms with van der Waals surface area (Å²) < 4.78 is 11.7. The number of aromatic nitrogens is 3. The van der Waals surface area contributed by atoms with E-state index >= 15 is 0 Å². The second kappa shape index (κ2) is 6.76. The van der Waals surface area contributed by atoms with Gasteiger partial charge >= 0.3 is 0 Å². The molecule has 3 aromatic rings. The van der Waals surface area contributed by atoms with Crippen LogP contribution in [0, 0.1) is 0 Å². The van der Waals surface area contributed by atoms with E-state index < -0.39 is 5.56 Å². The standard InChI is InChI=1S/C18H19N5O4/c1-26-12-4-2-11(3-5-12)10-13-17(25)23-15(19)14(16(24)21-18(23)20-13)22-6-8-27-9-7-22/h2-5,10H,6-9,19H2,1H3,(H,20,21,24)/b13-10+. The smallest absolute Gasteiger partial charge is 0.300 e. The third-order valence-electron chi connectivity index (χ3n) is 4.54. The maximum Gasteiger partial charge on any atom is 0.300 e. The number of imidazole rings is 1. The molecule has 0 radical (unpaired) electrons. The Kier molecular flexibility index (Phi) is 4.28. The Morgan fingerprint density at radius 1 is 1.22 bits per heavy atom. The van der Waals surface area contributed by atoms with Gasteiger partial charge in [-0.15, -0.1) is 0 Å². The van der Waals surface area contributed by atoms with Crippen LogP contribution in [0.4, 0.5) is 11.5 Å². The number of rotatable bonds is 3. The van der Waals surface area contributed by atoms with Crippen molar-refractivity contribution >= 4 is 23.4 Å². The molecular formula is C18H19N5O4. The molecular weight excluding hydrogens is 350 g/mol. The molecule has 1 fully saturated rings. The number of aromatic amines is 1. The number of fused-ring (bicyclic) bond motifs is 1. The molecule has 9 heteroatoms. The van der Waals surface area contributed by atoms with Crippen molar-refractivity contribution in [3.8, 4) is 5.75 Å². The maximum absolute atomic E-state index is 12.8. The average Bonchev–Trinajstić information content (AvgIpc) is 2.98. The Bertz CT molecular complexity index is 1140. The fourth-order valence-corrected chi connectivity index (χ4v) is 3.16. The van der Waals surface area contributed by atoms with Crippen LogP contribution in [0.15, 0.2) is 33.9 Å². The summed E-state index contributed by atoms with van der Waals surface area (Å²) in [7, 11) is 1.59. The molecule has 1 aliphatic heterocycles. The van der Waals surface area contributed by atoms with Gasteiger partial charge in [0.05, 0.1) is 20.3 Å². The first-order valence-electron chi connectivity index (χ1n) is 8.51. The summed E-state index contributed by atoms with van der Waals surface area (Å²) in [6.07, 6.45) is 1.68. The number of hydrogen-bond donors (Lipinski definition) is 2. The number of benzene rings is 1. The van der Waals surface area contributed by atoms with Crippen LogP contribution >= 0.6 is 0 Å². The van der Waals surface area contributed by atoms with Crippen molar-refractivity contribution in [2.45, 2.75) is 0 Å². The zero-order valence-corrected chi connectivity index (χ0v) is 14.8. The van der Waals surface area contributed by atoms with Gasteiger partial charge in [0.25, 0.3) is 11.1 Å². The molecule has 3 N–H and O–H groups in total. The number of nitrogen functional groups attached to an aromatic ring is 1. The number of methoxy groups -OCH3 is 1. The second-order valence-corrected chi connectivity index (χ2v) is 6.17. The highest BCUT2D eigenvalue weighted by molar-refractivity contribution is 5.66. The molecule has 0 unspecified atom stereocenters. The van der Waals surface area contributed by atoms with E-state index in [1.54, 1.807) is 30.2 Å². The molecule has 3 heterocycles. The summed E-state index contributed by atoms with van der Waals surface area (Å²) in [5.41, 5.74) is 6.40. The molecule has 0 saturated carbocycles. The Hall–Kier alpha value is -3.33. The fraction of sp³-hybridized carbons (Fsp3) is 0.278. The number of nitrogens with zero attached hydrogens (tertiary/aromatic N) is 3. The van der Waals surface area contributed by atoms with Crippen molar-refractivity contribution < 1.29 is 9.47 Å². The van der Waals surface area contributed by atoms with E-state index in [9.17, 15) is 9.59 Å². The van der Waals surface area contributed by atoms with Crippen LogP contribution in [-0.2, 0) is 4.74 Å². The van der Waals surface area contributed by atoms with Gasteiger partial charge in [-0.1, -0.05) is 12.1 Å². The van der Waals surface area contributed by atoms with Crippen molar-refractivity contribution in [3.05, 3.63) is 55.9 Å². The van der Waals surface area contributed by atoms with Crippen LogP contribution in [0.25, 0.3) is 11.9 Å². The molecule has 0 amide bonds. The number of morpholine rings is 1. The second-order valence-electron chi connectivity index (χ2n) is 6.17. The van der Waals surface area contributed by atoms with Gasteiger partial charge in [0.2, 0.25) is 5.78 Å². The monoisotopic (exact) mass is 369 g/mol. The van der Waals surface area contributed by atoms with E-state index in [2.05, 4.69) is 9.97 Å². The van der Waals surface area contributed by atoms with Crippen LogP contribution in [0.2, 0.25) is 0 Å². The van der Waals surface area contributed by atoms with Crippen molar-refractivity contribution in [1.82, 2.24) is 14.4 Å². The zero-order chi connectivity index (χ0) is 19.0. The molecule has 1 aliphatic rings. The summed E-state index contributed by atoms with van der Waals surface area (Å²) in [6.45, 7) is 2.04. The lowest BCUT2D eigenvalue weighted by Crippen LogP contribution is -2.40. The lowest BCUT2D eigenvalue weighted by Gasteiger charge is -2.28. The first-order chi connectivity index (χ1) is 13.1. The zero-order valence-electron chi connectivity index (χ0n) is 14.8. The molecule has 0 aliphatic carbocycles. The normalized spacial score (nSPS) is 15.4. The van der Waals surface area contributed by atoms with Gasteiger partial charge in [0, 0.05) is 13.1 Å². The molecule has 0 bridgehead atoms. The lowest BCUT2D eigenvalue weighted by atomic mass is 10.2. The SMILES string of the molecule is COc1ccc(/C=c2/[nH]c3nc(=O)c(N4CCOCC4)c(N)n3c2=O)cc1. The highest BCUT2D eigenvalue weighted by Crippen LogP contribution is 2.18. The molecule has 1 aromatic carbocycles. The van der Waals surface area contributed by atoms with Crippen LogP contribution < -0.4 is 31.8 Å². The van der Waals surface area contributed by atoms with Gasteiger partial charge < -0.3 is 25.1 Å².